The molecule has 0 aliphatic heterocycles. The van der Waals surface area contributed by atoms with Gasteiger partial charge in [0.15, 0.2) is 5.75 Å². The molecule has 0 radical (unpaired) electrons. The maximum atomic E-state index is 12.5. The number of hydrogen-bond donors (Lipinski definition) is 1. The molecule has 2 rings (SSSR count). The Balaban J connectivity index is 2.23. The molecule has 1 aromatic heterocycles. The summed E-state index contributed by atoms with van der Waals surface area (Å²) in [4.78, 5) is 24.9. The summed E-state index contributed by atoms with van der Waals surface area (Å²) in [5, 5.41) is 7.05. The lowest BCUT2D eigenvalue weighted by Gasteiger charge is -2.13. The standard InChI is InChI=1S/C17H20ClN3O4/c1-10-14(11(2)21(3)20-10)15(22)17(23)19-13-7-5-6-12(18)16(13)25-9-8-24-4/h5-7H,8-9H2,1-4H3,(H,19,23). The Labute approximate surface area is 150 Å². The van der Waals surface area contributed by atoms with Crippen molar-refractivity contribution in [3.63, 3.8) is 0 Å². The number of anilines is 1. The van der Waals surface area contributed by atoms with Crippen molar-refractivity contribution in [2.75, 3.05) is 25.6 Å². The first kappa shape index (κ1) is 19.0. The molecule has 1 N–H and O–H groups in total. The molecule has 0 aliphatic carbocycles. The van der Waals surface area contributed by atoms with E-state index in [4.69, 9.17) is 21.1 Å². The van der Waals surface area contributed by atoms with Crippen LogP contribution in [0.4, 0.5) is 5.69 Å². The van der Waals surface area contributed by atoms with E-state index in [1.54, 1.807) is 50.9 Å². The number of carbonyl (C=O) groups is 2. The van der Waals surface area contributed by atoms with E-state index in [1.165, 1.54) is 0 Å². The van der Waals surface area contributed by atoms with E-state index >= 15 is 0 Å². The third kappa shape index (κ3) is 4.18. The number of amides is 1. The molecule has 0 saturated carbocycles. The maximum Gasteiger partial charge on any atom is 0.297 e. The highest BCUT2D eigenvalue weighted by atomic mass is 35.5. The van der Waals surface area contributed by atoms with Crippen LogP contribution < -0.4 is 10.1 Å². The zero-order valence-corrected chi connectivity index (χ0v) is 15.3. The second kappa shape index (κ2) is 8.13. The number of aryl methyl sites for hydroxylation is 2. The zero-order chi connectivity index (χ0) is 18.6. The van der Waals surface area contributed by atoms with Crippen LogP contribution in [0.15, 0.2) is 18.2 Å². The topological polar surface area (TPSA) is 82.4 Å². The molecule has 7 nitrogen and oxygen atoms in total. The number of Topliss-reactive ketones (excluding diaryl/α,β-unsaturated/α-hetero) is 1. The van der Waals surface area contributed by atoms with Crippen molar-refractivity contribution in [1.82, 2.24) is 9.78 Å². The lowest BCUT2D eigenvalue weighted by atomic mass is 10.1. The van der Waals surface area contributed by atoms with Crippen molar-refractivity contribution < 1.29 is 19.1 Å². The van der Waals surface area contributed by atoms with Crippen molar-refractivity contribution in [2.24, 2.45) is 7.05 Å². The van der Waals surface area contributed by atoms with Crippen molar-refractivity contribution >= 4 is 29.0 Å². The van der Waals surface area contributed by atoms with Gasteiger partial charge >= 0.3 is 0 Å². The maximum absolute atomic E-state index is 12.5. The highest BCUT2D eigenvalue weighted by Crippen LogP contribution is 2.33. The molecule has 1 aromatic carbocycles. The first-order valence-electron chi connectivity index (χ1n) is 7.63. The zero-order valence-electron chi connectivity index (χ0n) is 14.6. The Bertz CT molecular complexity index is 801. The van der Waals surface area contributed by atoms with E-state index in [2.05, 4.69) is 10.4 Å². The van der Waals surface area contributed by atoms with Crippen molar-refractivity contribution in [1.29, 1.82) is 0 Å². The Morgan fingerprint density at radius 2 is 2.00 bits per heavy atom. The highest BCUT2D eigenvalue weighted by molar-refractivity contribution is 6.47. The SMILES string of the molecule is COCCOc1c(Cl)cccc1NC(=O)C(=O)c1c(C)nn(C)c1C. The van der Waals surface area contributed by atoms with Crippen LogP contribution in [0, 0.1) is 13.8 Å². The molecule has 0 bridgehead atoms. The molecular weight excluding hydrogens is 346 g/mol. The fourth-order valence-corrected chi connectivity index (χ4v) is 2.60. The normalized spacial score (nSPS) is 10.6. The summed E-state index contributed by atoms with van der Waals surface area (Å²) >= 11 is 6.13. The van der Waals surface area contributed by atoms with Gasteiger partial charge < -0.3 is 14.8 Å². The lowest BCUT2D eigenvalue weighted by molar-refractivity contribution is -0.112. The smallest absolute Gasteiger partial charge is 0.297 e. The lowest BCUT2D eigenvalue weighted by Crippen LogP contribution is -2.24. The molecule has 8 heteroatoms. The third-order valence-corrected chi connectivity index (χ3v) is 3.99. The highest BCUT2D eigenvalue weighted by Gasteiger charge is 2.25. The molecule has 134 valence electrons. The first-order valence-corrected chi connectivity index (χ1v) is 8.00. The van der Waals surface area contributed by atoms with Gasteiger partial charge in [-0.2, -0.15) is 5.10 Å². The molecule has 25 heavy (non-hydrogen) atoms. The fraction of sp³-hybridized carbons (Fsp3) is 0.353. The number of rotatable bonds is 7. The molecule has 2 aromatic rings. The third-order valence-electron chi connectivity index (χ3n) is 3.69. The molecule has 1 amide bonds. The minimum atomic E-state index is -0.780. The van der Waals surface area contributed by atoms with Gasteiger partial charge in [-0.25, -0.2) is 0 Å². The number of nitrogens with one attached hydrogen (secondary N) is 1. The number of halogens is 1. The number of hydrogen-bond acceptors (Lipinski definition) is 5. The van der Waals surface area contributed by atoms with Gasteiger partial charge in [0.25, 0.3) is 11.7 Å². The van der Waals surface area contributed by atoms with Crippen molar-refractivity contribution in [3.05, 3.63) is 40.2 Å². The number of methoxy groups -OCH3 is 1. The summed E-state index contributed by atoms with van der Waals surface area (Å²) in [6.45, 7) is 4.05. The molecule has 0 atom stereocenters. The number of nitrogens with zero attached hydrogens (tertiary/aromatic N) is 2. The first-order chi connectivity index (χ1) is 11.9. The Kier molecular flexibility index (Phi) is 6.17. The number of benzene rings is 1. The van der Waals surface area contributed by atoms with Crippen LogP contribution in [0.1, 0.15) is 21.7 Å². The monoisotopic (exact) mass is 365 g/mol. The van der Waals surface area contributed by atoms with Gasteiger partial charge in [0, 0.05) is 19.9 Å². The van der Waals surface area contributed by atoms with Crippen LogP contribution in [0.3, 0.4) is 0 Å². The second-order valence-corrected chi connectivity index (χ2v) is 5.82. The van der Waals surface area contributed by atoms with E-state index in [9.17, 15) is 9.59 Å². The molecule has 0 spiro atoms. The number of para-hydroxylation sites is 1. The summed E-state index contributed by atoms with van der Waals surface area (Å²) in [5.41, 5.74) is 1.74. The van der Waals surface area contributed by atoms with E-state index < -0.39 is 11.7 Å². The summed E-state index contributed by atoms with van der Waals surface area (Å²) in [6, 6.07) is 4.91. The average Bonchev–Trinajstić information content (AvgIpc) is 2.82. The Hall–Kier alpha value is -2.38. The van der Waals surface area contributed by atoms with Crippen LogP contribution >= 0.6 is 11.6 Å². The van der Waals surface area contributed by atoms with Crippen molar-refractivity contribution in [2.45, 2.75) is 13.8 Å². The van der Waals surface area contributed by atoms with E-state index in [1.807, 2.05) is 0 Å². The number of ether oxygens (including phenoxy) is 2. The van der Waals surface area contributed by atoms with Gasteiger partial charge in [0.1, 0.15) is 6.61 Å². The Morgan fingerprint density at radius 3 is 2.60 bits per heavy atom. The predicted molar refractivity (Wildman–Crippen MR) is 94.5 cm³/mol. The summed E-state index contributed by atoms with van der Waals surface area (Å²) in [7, 11) is 3.27. The molecule has 0 fully saturated rings. The molecule has 0 unspecified atom stereocenters. The minimum absolute atomic E-state index is 0.262. The Morgan fingerprint density at radius 1 is 1.28 bits per heavy atom. The summed E-state index contributed by atoms with van der Waals surface area (Å²) < 4.78 is 12.0. The van der Waals surface area contributed by atoms with Crippen LogP contribution in [0.2, 0.25) is 5.02 Å². The molecular formula is C17H20ClN3O4. The fourth-order valence-electron chi connectivity index (χ4n) is 2.38. The van der Waals surface area contributed by atoms with Gasteiger partial charge in [-0.3, -0.25) is 14.3 Å². The van der Waals surface area contributed by atoms with Gasteiger partial charge in [0.2, 0.25) is 0 Å². The second-order valence-electron chi connectivity index (χ2n) is 5.41. The number of carbonyl (C=O) groups excluding carboxylic acids is 2. The van der Waals surface area contributed by atoms with Gasteiger partial charge in [0.05, 0.1) is 28.6 Å². The molecule has 0 aliphatic rings. The van der Waals surface area contributed by atoms with Crippen LogP contribution in [0.25, 0.3) is 0 Å². The van der Waals surface area contributed by atoms with Crippen LogP contribution in [-0.2, 0) is 16.6 Å². The summed E-state index contributed by atoms with van der Waals surface area (Å²) in [6.07, 6.45) is 0. The van der Waals surface area contributed by atoms with E-state index in [0.717, 1.165) is 0 Å². The van der Waals surface area contributed by atoms with Crippen LogP contribution in [-0.4, -0.2) is 41.8 Å². The van der Waals surface area contributed by atoms with Gasteiger partial charge in [-0.15, -0.1) is 0 Å². The predicted octanol–water partition coefficient (Wildman–Crippen LogP) is 2.54. The summed E-state index contributed by atoms with van der Waals surface area (Å²) in [5.74, 6) is -1.15. The molecule has 0 saturated heterocycles. The molecule has 1 heterocycles. The van der Waals surface area contributed by atoms with Crippen molar-refractivity contribution in [3.8, 4) is 5.75 Å². The van der Waals surface area contributed by atoms with E-state index in [-0.39, 0.29) is 6.61 Å². The number of ketones is 1. The minimum Gasteiger partial charge on any atom is -0.487 e. The average molecular weight is 366 g/mol. The van der Waals surface area contributed by atoms with Gasteiger partial charge in [-0.1, -0.05) is 17.7 Å². The van der Waals surface area contributed by atoms with Crippen LogP contribution in [0.5, 0.6) is 5.75 Å². The number of aromatic nitrogens is 2. The van der Waals surface area contributed by atoms with E-state index in [0.29, 0.717) is 40.0 Å². The van der Waals surface area contributed by atoms with Gasteiger partial charge in [-0.05, 0) is 26.0 Å². The quantitative estimate of drug-likeness (QED) is 0.463. The largest absolute Gasteiger partial charge is 0.487 e.